The van der Waals surface area contributed by atoms with Gasteiger partial charge in [-0.25, -0.2) is 0 Å². The summed E-state index contributed by atoms with van der Waals surface area (Å²) in [6.07, 6.45) is 0. The summed E-state index contributed by atoms with van der Waals surface area (Å²) in [6.45, 7) is 3.90. The maximum Gasteiger partial charge on any atom is 0.162 e. The van der Waals surface area contributed by atoms with Crippen molar-refractivity contribution in [1.82, 2.24) is 0 Å². The first-order valence-electron chi connectivity index (χ1n) is 6.86. The summed E-state index contributed by atoms with van der Waals surface area (Å²) in [4.78, 5) is 0. The zero-order valence-corrected chi connectivity index (χ0v) is 13.8. The number of rotatable bonds is 5. The zero-order chi connectivity index (χ0) is 15.5. The van der Waals surface area contributed by atoms with Crippen LogP contribution in [0.15, 0.2) is 54.6 Å². The molecule has 0 aliphatic carbocycles. The Morgan fingerprint density at radius 1 is 1.14 bits per heavy atom. The normalized spacial score (nSPS) is 17.0. The van der Waals surface area contributed by atoms with E-state index in [2.05, 4.69) is 24.3 Å². The molecule has 0 amide bonds. The number of nitrogens with two attached hydrogens (primary N) is 1. The van der Waals surface area contributed by atoms with E-state index < -0.39 is 16.1 Å². The summed E-state index contributed by atoms with van der Waals surface area (Å²) in [5.41, 5.74) is 3.39. The van der Waals surface area contributed by atoms with Crippen LogP contribution >= 0.6 is 11.6 Å². The highest BCUT2D eigenvalue weighted by molar-refractivity contribution is 7.90. The lowest BCUT2D eigenvalue weighted by Gasteiger charge is -2.32. The van der Waals surface area contributed by atoms with Crippen molar-refractivity contribution in [3.8, 4) is 11.1 Å². The molecule has 2 N–H and O–H groups in total. The van der Waals surface area contributed by atoms with Gasteiger partial charge in [0.15, 0.2) is 4.75 Å². The van der Waals surface area contributed by atoms with Crippen molar-refractivity contribution in [3.05, 3.63) is 60.2 Å². The van der Waals surface area contributed by atoms with E-state index in [-0.39, 0.29) is 11.8 Å². The van der Waals surface area contributed by atoms with Crippen molar-refractivity contribution in [2.75, 3.05) is 5.88 Å². The SMILES string of the molecule is CC(c1cccc(-c2ccccc2)c1)C(C)(CCl)[S+](N)[O-]. The van der Waals surface area contributed by atoms with Crippen molar-refractivity contribution in [2.45, 2.75) is 24.5 Å². The van der Waals surface area contributed by atoms with Crippen LogP contribution in [0.1, 0.15) is 25.3 Å². The Kier molecular flexibility index (Phi) is 5.33. The van der Waals surface area contributed by atoms with Crippen LogP contribution in [0.3, 0.4) is 0 Å². The molecule has 2 nitrogen and oxygen atoms in total. The summed E-state index contributed by atoms with van der Waals surface area (Å²) >= 11 is 4.55. The second-order valence-electron chi connectivity index (χ2n) is 5.46. The molecule has 2 rings (SSSR count). The first kappa shape index (κ1) is 16.4. The average Bonchev–Trinajstić information content (AvgIpc) is 2.54. The highest BCUT2D eigenvalue weighted by atomic mass is 35.5. The molecule has 0 bridgehead atoms. The van der Waals surface area contributed by atoms with E-state index in [1.807, 2.05) is 44.2 Å². The van der Waals surface area contributed by atoms with Gasteiger partial charge in [0.2, 0.25) is 0 Å². The van der Waals surface area contributed by atoms with Crippen molar-refractivity contribution in [2.24, 2.45) is 5.14 Å². The van der Waals surface area contributed by atoms with Crippen LogP contribution < -0.4 is 5.14 Å². The molecule has 0 saturated heterocycles. The fourth-order valence-electron chi connectivity index (χ4n) is 2.31. The molecule has 0 spiro atoms. The molecule has 4 heteroatoms. The van der Waals surface area contributed by atoms with Gasteiger partial charge in [-0.15, -0.1) is 11.6 Å². The van der Waals surface area contributed by atoms with Crippen LogP contribution in [0.4, 0.5) is 0 Å². The van der Waals surface area contributed by atoms with E-state index in [0.29, 0.717) is 0 Å². The van der Waals surface area contributed by atoms with Gasteiger partial charge in [0.05, 0.1) is 5.88 Å². The maximum atomic E-state index is 11.9. The Bertz CT molecular complexity index is 590. The molecule has 112 valence electrons. The van der Waals surface area contributed by atoms with Crippen LogP contribution in [0.2, 0.25) is 0 Å². The Labute approximate surface area is 134 Å². The first-order valence-corrected chi connectivity index (χ1v) is 8.61. The predicted octanol–water partition coefficient (Wildman–Crippen LogP) is 4.08. The molecule has 2 aromatic carbocycles. The van der Waals surface area contributed by atoms with E-state index in [1.165, 1.54) is 0 Å². The Hall–Kier alpha value is -1.000. The van der Waals surface area contributed by atoms with Crippen LogP contribution in [0, 0.1) is 0 Å². The van der Waals surface area contributed by atoms with Gasteiger partial charge in [-0.3, -0.25) is 0 Å². The lowest BCUT2D eigenvalue weighted by atomic mass is 9.87. The summed E-state index contributed by atoms with van der Waals surface area (Å²) in [5, 5.41) is 5.66. The van der Waals surface area contributed by atoms with Gasteiger partial charge in [-0.2, -0.15) is 5.14 Å². The second kappa shape index (κ2) is 6.84. The average molecular weight is 322 g/mol. The van der Waals surface area contributed by atoms with E-state index in [9.17, 15) is 4.55 Å². The zero-order valence-electron chi connectivity index (χ0n) is 12.3. The third kappa shape index (κ3) is 3.43. The molecule has 2 aromatic rings. The molecule has 0 heterocycles. The summed E-state index contributed by atoms with van der Waals surface area (Å²) in [5.74, 6) is 0.261. The van der Waals surface area contributed by atoms with Crippen molar-refractivity contribution in [3.63, 3.8) is 0 Å². The number of hydrogen-bond acceptors (Lipinski definition) is 2. The molecule has 0 aromatic heterocycles. The van der Waals surface area contributed by atoms with E-state index in [4.69, 9.17) is 16.7 Å². The summed E-state index contributed by atoms with van der Waals surface area (Å²) in [6, 6.07) is 18.4. The van der Waals surface area contributed by atoms with Crippen LogP contribution in [-0.4, -0.2) is 15.2 Å². The number of benzene rings is 2. The van der Waals surface area contributed by atoms with Crippen LogP contribution in [-0.2, 0) is 11.4 Å². The smallest absolute Gasteiger partial charge is 0.162 e. The molecule has 0 fully saturated rings. The summed E-state index contributed by atoms with van der Waals surface area (Å²) < 4.78 is 11.2. The van der Waals surface area contributed by atoms with E-state index in [0.717, 1.165) is 16.7 Å². The first-order chi connectivity index (χ1) is 9.99. The standard InChI is InChI=1S/C17H20ClNOS/c1-13(17(2,12-18)21(19)20)15-9-6-10-16(11-15)14-7-4-3-5-8-14/h3-11,13H,12,19H2,1-2H3. The Morgan fingerprint density at radius 2 is 1.76 bits per heavy atom. The van der Waals surface area contributed by atoms with Gasteiger partial charge >= 0.3 is 0 Å². The topological polar surface area (TPSA) is 49.1 Å². The molecule has 0 saturated carbocycles. The lowest BCUT2D eigenvalue weighted by Crippen LogP contribution is -2.46. The lowest BCUT2D eigenvalue weighted by molar-refractivity contribution is 0.507. The Balaban J connectivity index is 2.38. The number of hydrogen-bond donors (Lipinski definition) is 1. The fourth-order valence-corrected chi connectivity index (χ4v) is 3.46. The molecule has 0 aliphatic heterocycles. The van der Waals surface area contributed by atoms with E-state index >= 15 is 0 Å². The molecule has 3 unspecified atom stereocenters. The fraction of sp³-hybridized carbons (Fsp3) is 0.294. The van der Waals surface area contributed by atoms with Gasteiger partial charge in [0.1, 0.15) is 0 Å². The van der Waals surface area contributed by atoms with Gasteiger partial charge in [-0.1, -0.05) is 61.5 Å². The number of alkyl halides is 1. The van der Waals surface area contributed by atoms with Gasteiger partial charge in [0, 0.05) is 17.3 Å². The van der Waals surface area contributed by atoms with Crippen molar-refractivity contribution < 1.29 is 4.55 Å². The third-order valence-corrected chi connectivity index (χ3v) is 6.27. The monoisotopic (exact) mass is 321 g/mol. The quantitative estimate of drug-likeness (QED) is 0.666. The van der Waals surface area contributed by atoms with Crippen molar-refractivity contribution in [1.29, 1.82) is 0 Å². The Morgan fingerprint density at radius 3 is 2.33 bits per heavy atom. The predicted molar refractivity (Wildman–Crippen MR) is 91.7 cm³/mol. The highest BCUT2D eigenvalue weighted by Gasteiger charge is 2.42. The van der Waals surface area contributed by atoms with Crippen molar-refractivity contribution >= 4 is 23.0 Å². The number of halogens is 1. The molecule has 0 radical (unpaired) electrons. The largest absolute Gasteiger partial charge is 0.598 e. The minimum absolute atomic E-state index is 0.00416. The molecule has 21 heavy (non-hydrogen) atoms. The van der Waals surface area contributed by atoms with Gasteiger partial charge in [0.25, 0.3) is 0 Å². The second-order valence-corrected chi connectivity index (χ2v) is 7.25. The molecule has 3 atom stereocenters. The maximum absolute atomic E-state index is 11.9. The van der Waals surface area contributed by atoms with Gasteiger partial charge in [-0.05, 0) is 23.6 Å². The third-order valence-electron chi connectivity index (χ3n) is 4.13. The van der Waals surface area contributed by atoms with Crippen LogP contribution in [0.5, 0.6) is 0 Å². The minimum atomic E-state index is -1.48. The highest BCUT2D eigenvalue weighted by Crippen LogP contribution is 2.35. The molecular weight excluding hydrogens is 302 g/mol. The molecule has 0 aliphatic rings. The van der Waals surface area contributed by atoms with E-state index in [1.54, 1.807) is 0 Å². The summed E-state index contributed by atoms with van der Waals surface area (Å²) in [7, 11) is 0. The molecular formula is C17H20ClNOS. The van der Waals surface area contributed by atoms with Crippen LogP contribution in [0.25, 0.3) is 11.1 Å². The minimum Gasteiger partial charge on any atom is -0.598 e. The van der Waals surface area contributed by atoms with Gasteiger partial charge < -0.3 is 4.55 Å².